The SMILES string of the molecule is CC(C)(CCOC(=O)CS)[C@H](OC(=O)NC(=O)c1ccccc1)c1cc(Br)ccc1O. The third-order valence-electron chi connectivity index (χ3n) is 4.60. The van der Waals surface area contributed by atoms with Gasteiger partial charge in [0.15, 0.2) is 0 Å². The van der Waals surface area contributed by atoms with E-state index in [2.05, 4.69) is 33.9 Å². The lowest BCUT2D eigenvalue weighted by Gasteiger charge is -2.34. The van der Waals surface area contributed by atoms with Crippen LogP contribution in [0.5, 0.6) is 5.75 Å². The quantitative estimate of drug-likeness (QED) is 0.353. The van der Waals surface area contributed by atoms with E-state index in [9.17, 15) is 19.5 Å². The highest BCUT2D eigenvalue weighted by Gasteiger charge is 2.36. The molecule has 166 valence electrons. The van der Waals surface area contributed by atoms with Gasteiger partial charge >= 0.3 is 12.1 Å². The number of amides is 2. The summed E-state index contributed by atoms with van der Waals surface area (Å²) in [6.07, 6.45) is -1.58. The average molecular weight is 510 g/mol. The van der Waals surface area contributed by atoms with Crippen molar-refractivity contribution in [2.75, 3.05) is 12.4 Å². The Morgan fingerprint density at radius 2 is 1.84 bits per heavy atom. The lowest BCUT2D eigenvalue weighted by atomic mass is 9.79. The van der Waals surface area contributed by atoms with Crippen molar-refractivity contribution < 1.29 is 29.0 Å². The van der Waals surface area contributed by atoms with Gasteiger partial charge in [-0.05, 0) is 36.8 Å². The van der Waals surface area contributed by atoms with Crippen LogP contribution in [0.2, 0.25) is 0 Å². The van der Waals surface area contributed by atoms with Crippen molar-refractivity contribution in [2.24, 2.45) is 5.41 Å². The molecule has 0 spiro atoms. The summed E-state index contributed by atoms with van der Waals surface area (Å²) in [5.74, 6) is -1.19. The van der Waals surface area contributed by atoms with E-state index in [0.29, 0.717) is 22.0 Å². The number of benzene rings is 2. The summed E-state index contributed by atoms with van der Waals surface area (Å²) >= 11 is 7.22. The summed E-state index contributed by atoms with van der Waals surface area (Å²) in [5.41, 5.74) is -0.108. The van der Waals surface area contributed by atoms with Crippen LogP contribution in [-0.4, -0.2) is 35.4 Å². The lowest BCUT2D eigenvalue weighted by molar-refractivity contribution is -0.141. The molecule has 1 atom stereocenters. The average Bonchev–Trinajstić information content (AvgIpc) is 2.74. The fourth-order valence-corrected chi connectivity index (χ4v) is 3.34. The number of halogens is 1. The summed E-state index contributed by atoms with van der Waals surface area (Å²) < 4.78 is 11.4. The van der Waals surface area contributed by atoms with Crippen LogP contribution in [0.15, 0.2) is 53.0 Å². The first-order valence-electron chi connectivity index (χ1n) is 9.46. The van der Waals surface area contributed by atoms with Crippen LogP contribution in [0.4, 0.5) is 4.79 Å². The molecule has 0 aliphatic heterocycles. The summed E-state index contributed by atoms with van der Waals surface area (Å²) in [5, 5.41) is 12.6. The van der Waals surface area contributed by atoms with Crippen molar-refractivity contribution in [3.63, 3.8) is 0 Å². The molecular formula is C22H24BrNO6S. The number of aromatic hydroxyl groups is 1. The Labute approximate surface area is 194 Å². The number of ether oxygens (including phenoxy) is 2. The summed E-state index contributed by atoms with van der Waals surface area (Å²) in [6.45, 7) is 3.68. The van der Waals surface area contributed by atoms with Crippen molar-refractivity contribution in [1.29, 1.82) is 0 Å². The summed E-state index contributed by atoms with van der Waals surface area (Å²) in [7, 11) is 0. The predicted octanol–water partition coefficient (Wildman–Crippen LogP) is 4.65. The maximum absolute atomic E-state index is 12.5. The Hall–Kier alpha value is -2.52. The van der Waals surface area contributed by atoms with Gasteiger partial charge in [-0.15, -0.1) is 0 Å². The number of alkyl carbamates (subject to hydrolysis) is 1. The summed E-state index contributed by atoms with van der Waals surface area (Å²) in [4.78, 5) is 36.2. The van der Waals surface area contributed by atoms with Gasteiger partial charge in [-0.3, -0.25) is 14.9 Å². The number of carbonyl (C=O) groups excluding carboxylic acids is 3. The zero-order valence-corrected chi connectivity index (χ0v) is 19.6. The van der Waals surface area contributed by atoms with E-state index in [1.807, 2.05) is 0 Å². The van der Waals surface area contributed by atoms with Crippen LogP contribution in [0.25, 0.3) is 0 Å². The number of imide groups is 1. The van der Waals surface area contributed by atoms with Gasteiger partial charge in [-0.2, -0.15) is 12.6 Å². The largest absolute Gasteiger partial charge is 0.508 e. The Balaban J connectivity index is 2.23. The summed E-state index contributed by atoms with van der Waals surface area (Å²) in [6, 6.07) is 13.0. The molecule has 0 saturated heterocycles. The number of nitrogens with one attached hydrogen (secondary N) is 1. The molecule has 0 aromatic heterocycles. The van der Waals surface area contributed by atoms with Crippen molar-refractivity contribution in [1.82, 2.24) is 5.32 Å². The van der Waals surface area contributed by atoms with Gasteiger partial charge in [0.25, 0.3) is 5.91 Å². The highest BCUT2D eigenvalue weighted by atomic mass is 79.9. The molecule has 2 aromatic carbocycles. The Morgan fingerprint density at radius 1 is 1.16 bits per heavy atom. The second-order valence-corrected chi connectivity index (χ2v) is 8.66. The zero-order valence-electron chi connectivity index (χ0n) is 17.1. The molecule has 0 fully saturated rings. The molecule has 0 unspecified atom stereocenters. The van der Waals surface area contributed by atoms with Crippen molar-refractivity contribution >= 4 is 46.5 Å². The fourth-order valence-electron chi connectivity index (χ4n) is 2.87. The molecule has 0 radical (unpaired) electrons. The highest BCUT2D eigenvalue weighted by molar-refractivity contribution is 9.10. The van der Waals surface area contributed by atoms with Gasteiger partial charge in [0.05, 0.1) is 12.4 Å². The van der Waals surface area contributed by atoms with E-state index in [1.165, 1.54) is 6.07 Å². The molecule has 2 aromatic rings. The number of rotatable bonds is 8. The number of thiol groups is 1. The van der Waals surface area contributed by atoms with Crippen LogP contribution >= 0.6 is 28.6 Å². The molecule has 7 nitrogen and oxygen atoms in total. The minimum atomic E-state index is -0.960. The fraction of sp³-hybridized carbons (Fsp3) is 0.318. The lowest BCUT2D eigenvalue weighted by Crippen LogP contribution is -2.36. The van der Waals surface area contributed by atoms with E-state index >= 15 is 0 Å². The minimum Gasteiger partial charge on any atom is -0.508 e. The van der Waals surface area contributed by atoms with Gasteiger partial charge < -0.3 is 14.6 Å². The van der Waals surface area contributed by atoms with Gasteiger partial charge in [0, 0.05) is 21.0 Å². The van der Waals surface area contributed by atoms with Crippen LogP contribution in [0.3, 0.4) is 0 Å². The van der Waals surface area contributed by atoms with E-state index in [4.69, 9.17) is 9.47 Å². The van der Waals surface area contributed by atoms with Crippen molar-refractivity contribution in [2.45, 2.75) is 26.4 Å². The van der Waals surface area contributed by atoms with E-state index in [-0.39, 0.29) is 18.1 Å². The molecule has 2 amide bonds. The Kier molecular flexibility index (Phi) is 8.94. The van der Waals surface area contributed by atoms with Gasteiger partial charge in [0.2, 0.25) is 0 Å². The molecule has 0 aliphatic rings. The number of hydrogen-bond donors (Lipinski definition) is 3. The first kappa shape index (κ1) is 24.7. The van der Waals surface area contributed by atoms with Crippen molar-refractivity contribution in [3.05, 3.63) is 64.1 Å². The molecule has 0 aliphatic carbocycles. The van der Waals surface area contributed by atoms with Crippen LogP contribution in [0, 0.1) is 5.41 Å². The van der Waals surface area contributed by atoms with Crippen LogP contribution < -0.4 is 5.32 Å². The number of phenols is 1. The van der Waals surface area contributed by atoms with Gasteiger partial charge in [-0.25, -0.2) is 4.79 Å². The molecule has 9 heteroatoms. The Morgan fingerprint density at radius 3 is 2.48 bits per heavy atom. The third kappa shape index (κ3) is 7.29. The monoisotopic (exact) mass is 509 g/mol. The molecule has 2 rings (SSSR count). The normalized spacial score (nSPS) is 12.0. The number of esters is 1. The van der Waals surface area contributed by atoms with E-state index in [1.54, 1.807) is 56.3 Å². The van der Waals surface area contributed by atoms with Crippen molar-refractivity contribution in [3.8, 4) is 5.75 Å². The zero-order chi connectivity index (χ0) is 23.0. The first-order valence-corrected chi connectivity index (χ1v) is 10.9. The third-order valence-corrected chi connectivity index (χ3v) is 5.35. The highest BCUT2D eigenvalue weighted by Crippen LogP contribution is 2.43. The number of carbonyl (C=O) groups is 3. The minimum absolute atomic E-state index is 0.0449. The molecule has 0 saturated carbocycles. The van der Waals surface area contributed by atoms with Gasteiger partial charge in [-0.1, -0.05) is 48.0 Å². The van der Waals surface area contributed by atoms with E-state index < -0.39 is 29.5 Å². The second-order valence-electron chi connectivity index (χ2n) is 7.43. The maximum atomic E-state index is 12.5. The molecule has 0 heterocycles. The first-order chi connectivity index (χ1) is 14.6. The predicted molar refractivity (Wildman–Crippen MR) is 122 cm³/mol. The smallest absolute Gasteiger partial charge is 0.414 e. The van der Waals surface area contributed by atoms with Crippen LogP contribution in [0.1, 0.15) is 42.3 Å². The Bertz CT molecular complexity index is 935. The molecule has 31 heavy (non-hydrogen) atoms. The van der Waals surface area contributed by atoms with Gasteiger partial charge in [0.1, 0.15) is 11.9 Å². The molecule has 2 N–H and O–H groups in total. The maximum Gasteiger partial charge on any atom is 0.414 e. The number of phenolic OH excluding ortho intramolecular Hbond substituents is 1. The number of hydrogen-bond acceptors (Lipinski definition) is 7. The topological polar surface area (TPSA) is 102 Å². The standard InChI is InChI=1S/C22H24BrNO6S/c1-22(2,10-11-29-18(26)13-31)19(16-12-15(23)8-9-17(16)25)30-21(28)24-20(27)14-6-4-3-5-7-14/h3-9,12,19,25,31H,10-11,13H2,1-2H3,(H,24,27,28)/t19-/m1/s1. The second kappa shape index (κ2) is 11.2. The van der Waals surface area contributed by atoms with Crippen LogP contribution in [-0.2, 0) is 14.3 Å². The molecular weight excluding hydrogens is 486 g/mol. The van der Waals surface area contributed by atoms with E-state index in [0.717, 1.165) is 0 Å². The molecule has 0 bridgehead atoms.